The highest BCUT2D eigenvalue weighted by Crippen LogP contribution is 2.24. The van der Waals surface area contributed by atoms with E-state index in [1.165, 1.54) is 0 Å². The van der Waals surface area contributed by atoms with E-state index in [0.29, 0.717) is 12.2 Å². The van der Waals surface area contributed by atoms with E-state index in [9.17, 15) is 5.21 Å². The van der Waals surface area contributed by atoms with Crippen molar-refractivity contribution in [1.29, 1.82) is 0 Å². The molecule has 1 unspecified atom stereocenters. The van der Waals surface area contributed by atoms with Gasteiger partial charge in [-0.25, -0.2) is 0 Å². The van der Waals surface area contributed by atoms with Gasteiger partial charge in [-0.3, -0.25) is 0 Å². The predicted octanol–water partition coefficient (Wildman–Crippen LogP) is 1.88. The van der Waals surface area contributed by atoms with E-state index in [1.807, 2.05) is 30.3 Å². The highest BCUT2D eigenvalue weighted by molar-refractivity contribution is 5.63. The van der Waals surface area contributed by atoms with Gasteiger partial charge in [0.05, 0.1) is 6.21 Å². The average molecular weight is 162 g/mol. The Kier molecular flexibility index (Phi) is 1.67. The fourth-order valence-corrected chi connectivity index (χ4v) is 1.34. The van der Waals surface area contributed by atoms with E-state index in [4.69, 9.17) is 0 Å². The summed E-state index contributed by atoms with van der Waals surface area (Å²) in [7, 11) is 0. The second kappa shape index (κ2) is 2.69. The molecule has 0 N–H and O–H groups in total. The van der Waals surface area contributed by atoms with Crippen LogP contribution in [0.15, 0.2) is 35.4 Å². The van der Waals surface area contributed by atoms with Crippen molar-refractivity contribution in [2.75, 3.05) is 6.54 Å². The molecule has 0 amide bonds. The van der Waals surface area contributed by atoms with Gasteiger partial charge in [0.15, 0.2) is 5.69 Å². The third-order valence-corrected chi connectivity index (χ3v) is 1.99. The summed E-state index contributed by atoms with van der Waals surface area (Å²) in [5, 5.41) is 15.7. The fraction of sp³-hybridized carbons (Fsp3) is 0.222. The van der Waals surface area contributed by atoms with Crippen LogP contribution in [0.2, 0.25) is 0 Å². The first-order chi connectivity index (χ1) is 5.81. The SMILES string of the molecule is [O-][N+]1(c2ccccc2)CCC=N1. The molecule has 62 valence electrons. The third-order valence-electron chi connectivity index (χ3n) is 1.99. The first-order valence-corrected chi connectivity index (χ1v) is 4.00. The molecule has 0 radical (unpaired) electrons. The van der Waals surface area contributed by atoms with Gasteiger partial charge < -0.3 is 5.21 Å². The Morgan fingerprint density at radius 1 is 1.25 bits per heavy atom. The molecule has 1 aromatic rings. The molecular formula is C9H10N2O. The lowest BCUT2D eigenvalue weighted by Gasteiger charge is -2.31. The van der Waals surface area contributed by atoms with Crippen LogP contribution in [0.1, 0.15) is 6.42 Å². The lowest BCUT2D eigenvalue weighted by atomic mass is 10.3. The van der Waals surface area contributed by atoms with Crippen molar-refractivity contribution >= 4 is 11.9 Å². The summed E-state index contributed by atoms with van der Waals surface area (Å²) in [5.41, 5.74) is 0.714. The normalized spacial score (nSPS) is 27.8. The summed E-state index contributed by atoms with van der Waals surface area (Å²) in [6, 6.07) is 9.25. The minimum Gasteiger partial charge on any atom is -0.599 e. The van der Waals surface area contributed by atoms with Gasteiger partial charge in [0.2, 0.25) is 0 Å². The Labute approximate surface area is 71.1 Å². The number of nitrogens with zero attached hydrogens (tertiary/aromatic N) is 2. The van der Waals surface area contributed by atoms with E-state index in [-0.39, 0.29) is 0 Å². The Balaban J connectivity index is 2.36. The number of quaternary nitrogens is 1. The van der Waals surface area contributed by atoms with Crippen LogP contribution in [0.3, 0.4) is 0 Å². The predicted molar refractivity (Wildman–Crippen MR) is 49.6 cm³/mol. The van der Waals surface area contributed by atoms with Crippen LogP contribution in [0.5, 0.6) is 0 Å². The van der Waals surface area contributed by atoms with E-state index in [1.54, 1.807) is 6.21 Å². The Hall–Kier alpha value is -1.19. The second-order valence-corrected chi connectivity index (χ2v) is 2.85. The maximum absolute atomic E-state index is 11.8. The number of hydrogen-bond acceptors (Lipinski definition) is 2. The van der Waals surface area contributed by atoms with Gasteiger partial charge in [-0.1, -0.05) is 23.3 Å². The molecule has 1 aromatic carbocycles. The molecule has 0 aliphatic carbocycles. The maximum atomic E-state index is 11.8. The molecule has 1 aliphatic rings. The first kappa shape index (κ1) is 7.46. The monoisotopic (exact) mass is 162 g/mol. The standard InChI is InChI=1S/C9H10N2O/c12-11(8-4-7-10-11)9-5-2-1-3-6-9/h1-3,5-7H,4,8H2. The van der Waals surface area contributed by atoms with Gasteiger partial charge in [-0.15, -0.1) is 0 Å². The van der Waals surface area contributed by atoms with Crippen molar-refractivity contribution in [3.05, 3.63) is 35.5 Å². The molecule has 1 atom stereocenters. The highest BCUT2D eigenvalue weighted by Gasteiger charge is 2.22. The summed E-state index contributed by atoms with van der Waals surface area (Å²) in [6.45, 7) is 0.532. The van der Waals surface area contributed by atoms with Crippen molar-refractivity contribution in [2.45, 2.75) is 6.42 Å². The van der Waals surface area contributed by atoms with Crippen LogP contribution < -0.4 is 4.76 Å². The van der Waals surface area contributed by atoms with Gasteiger partial charge in [-0.2, -0.15) is 4.76 Å². The van der Waals surface area contributed by atoms with Gasteiger partial charge in [0, 0.05) is 18.6 Å². The summed E-state index contributed by atoms with van der Waals surface area (Å²) in [4.78, 5) is 0. The molecular weight excluding hydrogens is 152 g/mol. The van der Waals surface area contributed by atoms with Crippen molar-refractivity contribution in [2.24, 2.45) is 5.10 Å². The van der Waals surface area contributed by atoms with Crippen molar-refractivity contribution < 1.29 is 0 Å². The quantitative estimate of drug-likeness (QED) is 0.458. The molecule has 2 rings (SSSR count). The molecule has 12 heavy (non-hydrogen) atoms. The molecule has 1 aliphatic heterocycles. The number of hydrogen-bond donors (Lipinski definition) is 0. The van der Waals surface area contributed by atoms with Crippen molar-refractivity contribution in [1.82, 2.24) is 4.76 Å². The number of hydroxylamine groups is 1. The average Bonchev–Trinajstić information content (AvgIpc) is 2.55. The Bertz CT molecular complexity index is 297. The van der Waals surface area contributed by atoms with Crippen molar-refractivity contribution in [3.63, 3.8) is 0 Å². The van der Waals surface area contributed by atoms with Crippen LogP contribution in [-0.4, -0.2) is 12.8 Å². The fourth-order valence-electron chi connectivity index (χ4n) is 1.34. The van der Waals surface area contributed by atoms with E-state index < -0.39 is 4.76 Å². The molecule has 0 fully saturated rings. The van der Waals surface area contributed by atoms with Gasteiger partial charge in [-0.05, 0) is 0 Å². The zero-order valence-corrected chi connectivity index (χ0v) is 6.68. The van der Waals surface area contributed by atoms with Crippen LogP contribution in [0.25, 0.3) is 0 Å². The largest absolute Gasteiger partial charge is 0.599 e. The molecule has 0 saturated heterocycles. The molecule has 3 heteroatoms. The summed E-state index contributed by atoms with van der Waals surface area (Å²) >= 11 is 0. The number of para-hydroxylation sites is 1. The van der Waals surface area contributed by atoms with Gasteiger partial charge >= 0.3 is 0 Å². The van der Waals surface area contributed by atoms with Crippen LogP contribution >= 0.6 is 0 Å². The summed E-state index contributed by atoms with van der Waals surface area (Å²) in [6.07, 6.45) is 2.47. The third kappa shape index (κ3) is 1.13. The van der Waals surface area contributed by atoms with Crippen LogP contribution in [-0.2, 0) is 0 Å². The van der Waals surface area contributed by atoms with E-state index in [0.717, 1.165) is 6.42 Å². The summed E-state index contributed by atoms with van der Waals surface area (Å²) < 4.78 is -0.541. The zero-order valence-electron chi connectivity index (χ0n) is 6.68. The van der Waals surface area contributed by atoms with E-state index in [2.05, 4.69) is 5.10 Å². The number of benzene rings is 1. The van der Waals surface area contributed by atoms with Crippen LogP contribution in [0.4, 0.5) is 5.69 Å². The topological polar surface area (TPSA) is 35.4 Å². The van der Waals surface area contributed by atoms with Gasteiger partial charge in [0.1, 0.15) is 6.54 Å². The second-order valence-electron chi connectivity index (χ2n) is 2.85. The minimum atomic E-state index is -0.541. The molecule has 3 nitrogen and oxygen atoms in total. The highest BCUT2D eigenvalue weighted by atomic mass is 16.6. The van der Waals surface area contributed by atoms with Crippen LogP contribution in [0, 0.1) is 5.21 Å². The smallest absolute Gasteiger partial charge is 0.159 e. The Morgan fingerprint density at radius 3 is 2.58 bits per heavy atom. The minimum absolute atomic E-state index is 0.532. The molecule has 0 saturated carbocycles. The molecule has 1 heterocycles. The number of rotatable bonds is 1. The van der Waals surface area contributed by atoms with E-state index >= 15 is 0 Å². The van der Waals surface area contributed by atoms with Crippen molar-refractivity contribution in [3.8, 4) is 0 Å². The zero-order chi connectivity index (χ0) is 8.44. The van der Waals surface area contributed by atoms with Gasteiger partial charge in [0.25, 0.3) is 0 Å². The summed E-state index contributed by atoms with van der Waals surface area (Å²) in [5.74, 6) is 0. The lowest BCUT2D eigenvalue weighted by molar-refractivity contribution is 0.430. The molecule has 0 bridgehead atoms. The maximum Gasteiger partial charge on any atom is 0.159 e. The lowest BCUT2D eigenvalue weighted by Crippen LogP contribution is -2.34. The Morgan fingerprint density at radius 2 is 2.00 bits per heavy atom. The first-order valence-electron chi connectivity index (χ1n) is 4.00. The molecule has 0 spiro atoms. The molecule has 0 aromatic heterocycles.